The van der Waals surface area contributed by atoms with Crippen LogP contribution >= 0.6 is 0 Å². The van der Waals surface area contributed by atoms with Gasteiger partial charge in [0.2, 0.25) is 0 Å². The van der Waals surface area contributed by atoms with Crippen LogP contribution in [0.2, 0.25) is 0 Å². The van der Waals surface area contributed by atoms with Gasteiger partial charge in [-0.25, -0.2) is 0 Å². The van der Waals surface area contributed by atoms with E-state index in [1.54, 1.807) is 0 Å². The van der Waals surface area contributed by atoms with Crippen LogP contribution in [0.5, 0.6) is 0 Å². The van der Waals surface area contributed by atoms with Crippen molar-refractivity contribution < 1.29 is 0 Å². The largest absolute Gasteiger partial charge is 0.402 e. The number of nitrogens with two attached hydrogens (primary N) is 1. The molecule has 0 aromatic heterocycles. The van der Waals surface area contributed by atoms with Gasteiger partial charge in [0.05, 0.1) is 12.5 Å². The fraction of sp³-hybridized carbons (Fsp3) is 0.375. The SMILES string of the molecule is N#CCC1=CC=C(N)CC1. The summed E-state index contributed by atoms with van der Waals surface area (Å²) in [6.07, 6.45) is 6.24. The van der Waals surface area contributed by atoms with Gasteiger partial charge in [-0.2, -0.15) is 5.26 Å². The highest BCUT2D eigenvalue weighted by Gasteiger charge is 2.01. The number of nitriles is 1. The van der Waals surface area contributed by atoms with E-state index in [0.717, 1.165) is 18.5 Å². The molecule has 0 aromatic carbocycles. The van der Waals surface area contributed by atoms with Crippen LogP contribution in [-0.4, -0.2) is 0 Å². The Balaban J connectivity index is 2.57. The average Bonchev–Trinajstić information content (AvgIpc) is 1.95. The lowest BCUT2D eigenvalue weighted by molar-refractivity contribution is 0.871. The summed E-state index contributed by atoms with van der Waals surface area (Å²) in [5, 5.41) is 8.34. The van der Waals surface area contributed by atoms with Crippen molar-refractivity contribution in [1.29, 1.82) is 5.26 Å². The van der Waals surface area contributed by atoms with Crippen LogP contribution in [0.15, 0.2) is 23.4 Å². The molecule has 0 aromatic rings. The Bertz CT molecular complexity index is 218. The van der Waals surface area contributed by atoms with Gasteiger partial charge in [-0.1, -0.05) is 11.6 Å². The van der Waals surface area contributed by atoms with E-state index < -0.39 is 0 Å². The molecule has 0 fully saturated rings. The van der Waals surface area contributed by atoms with E-state index in [0.29, 0.717) is 6.42 Å². The Hall–Kier alpha value is -1.23. The minimum atomic E-state index is 0.545. The number of hydrogen-bond donors (Lipinski definition) is 1. The number of rotatable bonds is 1. The molecule has 0 aliphatic heterocycles. The van der Waals surface area contributed by atoms with Crippen molar-refractivity contribution in [2.75, 3.05) is 0 Å². The van der Waals surface area contributed by atoms with E-state index >= 15 is 0 Å². The molecule has 0 radical (unpaired) electrons. The fourth-order valence-corrected chi connectivity index (χ4v) is 0.945. The Morgan fingerprint density at radius 3 is 2.80 bits per heavy atom. The van der Waals surface area contributed by atoms with Gasteiger partial charge in [-0.3, -0.25) is 0 Å². The first-order valence-corrected chi connectivity index (χ1v) is 3.34. The van der Waals surface area contributed by atoms with Gasteiger partial charge in [-0.05, 0) is 18.9 Å². The number of nitrogens with zero attached hydrogens (tertiary/aromatic N) is 1. The smallest absolute Gasteiger partial charge is 0.0666 e. The summed E-state index contributed by atoms with van der Waals surface area (Å²) < 4.78 is 0. The second-order valence-corrected chi connectivity index (χ2v) is 2.40. The number of allylic oxidation sites excluding steroid dienone is 4. The molecular weight excluding hydrogens is 124 g/mol. The normalized spacial score (nSPS) is 17.1. The highest BCUT2D eigenvalue weighted by atomic mass is 14.6. The Labute approximate surface area is 60.6 Å². The summed E-state index contributed by atoms with van der Waals surface area (Å²) in [5.41, 5.74) is 7.64. The molecule has 1 aliphatic rings. The summed E-state index contributed by atoms with van der Waals surface area (Å²) >= 11 is 0. The minimum absolute atomic E-state index is 0.545. The van der Waals surface area contributed by atoms with Crippen molar-refractivity contribution in [1.82, 2.24) is 0 Å². The first-order chi connectivity index (χ1) is 4.83. The summed E-state index contributed by atoms with van der Waals surface area (Å²) in [7, 11) is 0. The zero-order valence-electron chi connectivity index (χ0n) is 5.80. The molecule has 0 heterocycles. The highest BCUT2D eigenvalue weighted by molar-refractivity contribution is 5.23. The Morgan fingerprint density at radius 2 is 2.30 bits per heavy atom. The molecule has 2 N–H and O–H groups in total. The molecule has 1 aliphatic carbocycles. The third-order valence-electron chi connectivity index (χ3n) is 1.57. The average molecular weight is 134 g/mol. The van der Waals surface area contributed by atoms with Crippen molar-refractivity contribution in [3.63, 3.8) is 0 Å². The maximum absolute atomic E-state index is 8.34. The van der Waals surface area contributed by atoms with Crippen LogP contribution < -0.4 is 5.73 Å². The van der Waals surface area contributed by atoms with Crippen LogP contribution in [0.25, 0.3) is 0 Å². The van der Waals surface area contributed by atoms with Gasteiger partial charge in [0.25, 0.3) is 0 Å². The van der Waals surface area contributed by atoms with Crippen molar-refractivity contribution >= 4 is 0 Å². The van der Waals surface area contributed by atoms with Crippen LogP contribution in [0.3, 0.4) is 0 Å². The zero-order chi connectivity index (χ0) is 7.40. The van der Waals surface area contributed by atoms with E-state index in [4.69, 9.17) is 11.0 Å². The molecule has 0 spiro atoms. The van der Waals surface area contributed by atoms with E-state index in [1.807, 2.05) is 12.2 Å². The molecule has 10 heavy (non-hydrogen) atoms. The predicted molar refractivity (Wildman–Crippen MR) is 39.8 cm³/mol. The molecule has 0 saturated carbocycles. The fourth-order valence-electron chi connectivity index (χ4n) is 0.945. The van der Waals surface area contributed by atoms with E-state index in [1.165, 1.54) is 5.57 Å². The molecule has 2 nitrogen and oxygen atoms in total. The molecule has 0 bridgehead atoms. The van der Waals surface area contributed by atoms with Crippen LogP contribution in [0.1, 0.15) is 19.3 Å². The summed E-state index contributed by atoms with van der Waals surface area (Å²) in [6.45, 7) is 0. The second-order valence-electron chi connectivity index (χ2n) is 2.40. The van der Waals surface area contributed by atoms with Crippen molar-refractivity contribution in [3.05, 3.63) is 23.4 Å². The van der Waals surface area contributed by atoms with Crippen LogP contribution in [0, 0.1) is 11.3 Å². The maximum Gasteiger partial charge on any atom is 0.0666 e. The topological polar surface area (TPSA) is 49.8 Å². The molecule has 0 amide bonds. The zero-order valence-corrected chi connectivity index (χ0v) is 5.80. The quantitative estimate of drug-likeness (QED) is 0.590. The van der Waals surface area contributed by atoms with E-state index in [-0.39, 0.29) is 0 Å². The standard InChI is InChI=1S/C8H10N2/c9-6-5-7-1-3-8(10)4-2-7/h1,3H,2,4-5,10H2. The minimum Gasteiger partial charge on any atom is -0.402 e. The monoisotopic (exact) mass is 134 g/mol. The van der Waals surface area contributed by atoms with E-state index in [9.17, 15) is 0 Å². The molecule has 0 atom stereocenters. The second kappa shape index (κ2) is 3.07. The van der Waals surface area contributed by atoms with Gasteiger partial charge < -0.3 is 5.73 Å². The summed E-state index contributed by atoms with van der Waals surface area (Å²) in [6, 6.07) is 2.11. The van der Waals surface area contributed by atoms with Crippen molar-refractivity contribution in [3.8, 4) is 6.07 Å². The number of hydrogen-bond acceptors (Lipinski definition) is 2. The van der Waals surface area contributed by atoms with Crippen LogP contribution in [0.4, 0.5) is 0 Å². The maximum atomic E-state index is 8.34. The van der Waals surface area contributed by atoms with Crippen LogP contribution in [-0.2, 0) is 0 Å². The lowest BCUT2D eigenvalue weighted by atomic mass is 10.0. The van der Waals surface area contributed by atoms with Gasteiger partial charge in [-0.15, -0.1) is 0 Å². The summed E-state index contributed by atoms with van der Waals surface area (Å²) in [5.74, 6) is 0. The first kappa shape index (κ1) is 6.88. The van der Waals surface area contributed by atoms with Gasteiger partial charge in [0, 0.05) is 5.70 Å². The Morgan fingerprint density at radius 1 is 1.50 bits per heavy atom. The lowest BCUT2D eigenvalue weighted by Gasteiger charge is -2.07. The first-order valence-electron chi connectivity index (χ1n) is 3.34. The molecule has 52 valence electrons. The molecular formula is C8H10N2. The highest BCUT2D eigenvalue weighted by Crippen LogP contribution is 2.16. The summed E-state index contributed by atoms with van der Waals surface area (Å²) in [4.78, 5) is 0. The van der Waals surface area contributed by atoms with Gasteiger partial charge in [0.1, 0.15) is 0 Å². The van der Waals surface area contributed by atoms with Crippen molar-refractivity contribution in [2.45, 2.75) is 19.3 Å². The molecule has 0 saturated heterocycles. The third-order valence-corrected chi connectivity index (χ3v) is 1.57. The molecule has 2 heteroatoms. The van der Waals surface area contributed by atoms with Gasteiger partial charge >= 0.3 is 0 Å². The van der Waals surface area contributed by atoms with Gasteiger partial charge in [0.15, 0.2) is 0 Å². The van der Waals surface area contributed by atoms with Crippen molar-refractivity contribution in [2.24, 2.45) is 5.73 Å². The molecule has 1 rings (SSSR count). The van der Waals surface area contributed by atoms with E-state index in [2.05, 4.69) is 6.07 Å². The predicted octanol–water partition coefficient (Wildman–Crippen LogP) is 1.46. The Kier molecular flexibility index (Phi) is 2.11. The third kappa shape index (κ3) is 1.63. The molecule has 0 unspecified atom stereocenters. The lowest BCUT2D eigenvalue weighted by Crippen LogP contribution is -2.01.